The molecule has 7 heteroatoms. The van der Waals surface area contributed by atoms with Gasteiger partial charge in [-0.25, -0.2) is 9.97 Å². The summed E-state index contributed by atoms with van der Waals surface area (Å²) in [7, 11) is 0. The van der Waals surface area contributed by atoms with E-state index in [9.17, 15) is 4.79 Å². The lowest BCUT2D eigenvalue weighted by atomic mass is 10.1. The first kappa shape index (κ1) is 18.4. The number of nitrogens with zero attached hydrogens (tertiary/aromatic N) is 3. The minimum absolute atomic E-state index is 0.363. The minimum Gasteiger partial charge on any atom is -0.487 e. The van der Waals surface area contributed by atoms with Crippen LogP contribution in [0.4, 0.5) is 11.5 Å². The third-order valence-corrected chi connectivity index (χ3v) is 4.47. The van der Waals surface area contributed by atoms with Crippen molar-refractivity contribution in [2.24, 2.45) is 5.73 Å². The van der Waals surface area contributed by atoms with Gasteiger partial charge in [0.05, 0.1) is 16.8 Å². The normalized spacial score (nSPS) is 10.7. The van der Waals surface area contributed by atoms with Crippen LogP contribution >= 0.6 is 0 Å². The molecule has 2 heterocycles. The molecule has 0 aliphatic rings. The maximum atomic E-state index is 11.7. The fourth-order valence-electron chi connectivity index (χ4n) is 3.05. The Balaban J connectivity index is 1.57. The van der Waals surface area contributed by atoms with Crippen molar-refractivity contribution in [1.29, 1.82) is 0 Å². The molecule has 1 amide bonds. The van der Waals surface area contributed by atoms with E-state index in [1.165, 1.54) is 6.33 Å². The van der Waals surface area contributed by atoms with Crippen LogP contribution in [0.15, 0.2) is 67.1 Å². The molecule has 0 bridgehead atoms. The predicted octanol–water partition coefficient (Wildman–Crippen LogP) is 3.75. The Hall–Kier alpha value is -4.00. The smallest absolute Gasteiger partial charge is 0.250 e. The van der Waals surface area contributed by atoms with Crippen molar-refractivity contribution in [3.8, 4) is 5.75 Å². The van der Waals surface area contributed by atoms with E-state index in [0.717, 1.165) is 28.1 Å². The Kier molecular flexibility index (Phi) is 5.03. The van der Waals surface area contributed by atoms with Crippen LogP contribution in [0.5, 0.6) is 5.75 Å². The molecule has 4 aromatic rings. The molecule has 0 atom stereocenters. The van der Waals surface area contributed by atoms with E-state index in [0.29, 0.717) is 23.5 Å². The van der Waals surface area contributed by atoms with E-state index in [2.05, 4.69) is 20.3 Å². The number of amides is 1. The van der Waals surface area contributed by atoms with Gasteiger partial charge in [0.15, 0.2) is 0 Å². The summed E-state index contributed by atoms with van der Waals surface area (Å²) in [6, 6.07) is 16.8. The Morgan fingerprint density at radius 1 is 1.07 bits per heavy atom. The van der Waals surface area contributed by atoms with E-state index in [1.54, 1.807) is 18.3 Å². The molecule has 0 saturated carbocycles. The van der Waals surface area contributed by atoms with E-state index in [-0.39, 0.29) is 0 Å². The summed E-state index contributed by atoms with van der Waals surface area (Å²) in [5.74, 6) is 0.856. The van der Waals surface area contributed by atoms with E-state index in [4.69, 9.17) is 10.5 Å². The molecule has 0 spiro atoms. The minimum atomic E-state index is -0.523. The summed E-state index contributed by atoms with van der Waals surface area (Å²) in [6.07, 6.45) is 3.16. The second-order valence-electron chi connectivity index (χ2n) is 6.50. The van der Waals surface area contributed by atoms with Gasteiger partial charge in [0.25, 0.3) is 5.91 Å². The molecule has 0 radical (unpaired) electrons. The molecule has 0 saturated heterocycles. The number of hydrogen-bond acceptors (Lipinski definition) is 6. The zero-order valence-corrected chi connectivity index (χ0v) is 15.8. The van der Waals surface area contributed by atoms with E-state index in [1.807, 2.05) is 49.4 Å². The highest BCUT2D eigenvalue weighted by molar-refractivity contribution is 6.07. The molecule has 144 valence electrons. The molecule has 3 N–H and O–H groups in total. The molecule has 2 aromatic carbocycles. The number of aromatic nitrogens is 3. The Bertz CT molecular complexity index is 1180. The van der Waals surface area contributed by atoms with Crippen molar-refractivity contribution < 1.29 is 9.53 Å². The molecule has 7 nitrogen and oxygen atoms in total. The third-order valence-electron chi connectivity index (χ3n) is 4.47. The SMILES string of the molecule is Cc1cc(Nc2ncnc3c(C(N)=O)cccc23)ccc1OCc1ccccn1. The number of carbonyl (C=O) groups excluding carboxylic acids is 1. The summed E-state index contributed by atoms with van der Waals surface area (Å²) in [4.78, 5) is 24.4. The quantitative estimate of drug-likeness (QED) is 0.524. The van der Waals surface area contributed by atoms with Crippen molar-refractivity contribution >= 4 is 28.3 Å². The molecule has 29 heavy (non-hydrogen) atoms. The Morgan fingerprint density at radius 2 is 1.97 bits per heavy atom. The summed E-state index contributed by atoms with van der Waals surface area (Å²) >= 11 is 0. The van der Waals surface area contributed by atoms with Crippen LogP contribution in [0, 0.1) is 6.92 Å². The predicted molar refractivity (Wildman–Crippen MR) is 111 cm³/mol. The molecular weight excluding hydrogens is 366 g/mol. The number of hydrogen-bond donors (Lipinski definition) is 2. The maximum Gasteiger partial charge on any atom is 0.250 e. The number of primary amides is 1. The zero-order chi connectivity index (χ0) is 20.2. The molecular formula is C22H19N5O2. The fourth-order valence-corrected chi connectivity index (χ4v) is 3.05. The first-order valence-electron chi connectivity index (χ1n) is 9.06. The summed E-state index contributed by atoms with van der Waals surface area (Å²) < 4.78 is 5.87. The van der Waals surface area contributed by atoms with Crippen LogP contribution in [0.25, 0.3) is 10.9 Å². The van der Waals surface area contributed by atoms with Gasteiger partial charge < -0.3 is 15.8 Å². The fraction of sp³-hybridized carbons (Fsp3) is 0.0909. The third kappa shape index (κ3) is 3.98. The number of para-hydroxylation sites is 1. The molecule has 0 aliphatic heterocycles. The van der Waals surface area contributed by atoms with E-state index >= 15 is 0 Å². The number of ether oxygens (including phenoxy) is 1. The van der Waals surface area contributed by atoms with Gasteiger partial charge in [0.1, 0.15) is 24.5 Å². The van der Waals surface area contributed by atoms with Gasteiger partial charge in [0, 0.05) is 17.3 Å². The van der Waals surface area contributed by atoms with Gasteiger partial charge in [-0.05, 0) is 55.0 Å². The number of nitrogens with one attached hydrogen (secondary N) is 1. The second kappa shape index (κ2) is 7.93. The van der Waals surface area contributed by atoms with E-state index < -0.39 is 5.91 Å². The standard InChI is InChI=1S/C22H19N5O2/c1-14-11-15(8-9-19(14)29-12-16-5-2-3-10-24-16)27-22-18-7-4-6-17(21(23)28)20(18)25-13-26-22/h2-11,13H,12H2,1H3,(H2,23,28)(H,25,26,27). The average molecular weight is 385 g/mol. The number of rotatable bonds is 6. The number of anilines is 2. The lowest BCUT2D eigenvalue weighted by Crippen LogP contribution is -2.12. The van der Waals surface area contributed by atoms with Crippen molar-refractivity contribution in [2.75, 3.05) is 5.32 Å². The van der Waals surface area contributed by atoms with Crippen molar-refractivity contribution in [3.63, 3.8) is 0 Å². The number of carbonyl (C=O) groups is 1. The lowest BCUT2D eigenvalue weighted by molar-refractivity contribution is 0.100. The number of nitrogens with two attached hydrogens (primary N) is 1. The lowest BCUT2D eigenvalue weighted by Gasteiger charge is -2.13. The van der Waals surface area contributed by atoms with Crippen LogP contribution in [0.1, 0.15) is 21.6 Å². The first-order valence-corrected chi connectivity index (χ1v) is 9.06. The summed E-state index contributed by atoms with van der Waals surface area (Å²) in [5, 5.41) is 4.00. The highest BCUT2D eigenvalue weighted by Gasteiger charge is 2.11. The summed E-state index contributed by atoms with van der Waals surface area (Å²) in [6.45, 7) is 2.38. The van der Waals surface area contributed by atoms with Gasteiger partial charge in [-0.2, -0.15) is 0 Å². The van der Waals surface area contributed by atoms with Crippen LogP contribution in [-0.4, -0.2) is 20.9 Å². The molecule has 0 unspecified atom stereocenters. The van der Waals surface area contributed by atoms with Crippen LogP contribution < -0.4 is 15.8 Å². The van der Waals surface area contributed by atoms with Crippen LogP contribution in [0.2, 0.25) is 0 Å². The average Bonchev–Trinajstić information content (AvgIpc) is 2.73. The van der Waals surface area contributed by atoms with Gasteiger partial charge in [-0.3, -0.25) is 9.78 Å². The van der Waals surface area contributed by atoms with Crippen LogP contribution in [-0.2, 0) is 6.61 Å². The Labute approximate surface area is 167 Å². The van der Waals surface area contributed by atoms with Gasteiger partial charge >= 0.3 is 0 Å². The van der Waals surface area contributed by atoms with Gasteiger partial charge in [0.2, 0.25) is 0 Å². The summed E-state index contributed by atoms with van der Waals surface area (Å²) in [5.41, 5.74) is 9.02. The Morgan fingerprint density at radius 3 is 2.72 bits per heavy atom. The number of fused-ring (bicyclic) bond motifs is 1. The first-order chi connectivity index (χ1) is 14.1. The largest absolute Gasteiger partial charge is 0.487 e. The zero-order valence-electron chi connectivity index (χ0n) is 15.8. The number of pyridine rings is 1. The molecule has 2 aromatic heterocycles. The monoisotopic (exact) mass is 385 g/mol. The molecule has 0 aliphatic carbocycles. The maximum absolute atomic E-state index is 11.7. The second-order valence-corrected chi connectivity index (χ2v) is 6.50. The van der Waals surface area contributed by atoms with Crippen molar-refractivity contribution in [1.82, 2.24) is 15.0 Å². The van der Waals surface area contributed by atoms with Crippen molar-refractivity contribution in [2.45, 2.75) is 13.5 Å². The number of aryl methyl sites for hydroxylation is 1. The molecule has 4 rings (SSSR count). The topological polar surface area (TPSA) is 103 Å². The highest BCUT2D eigenvalue weighted by Crippen LogP contribution is 2.28. The van der Waals surface area contributed by atoms with Gasteiger partial charge in [-0.1, -0.05) is 12.1 Å². The molecule has 0 fully saturated rings. The number of benzene rings is 2. The van der Waals surface area contributed by atoms with Crippen LogP contribution in [0.3, 0.4) is 0 Å². The van der Waals surface area contributed by atoms with Gasteiger partial charge in [-0.15, -0.1) is 0 Å². The van der Waals surface area contributed by atoms with Crippen molar-refractivity contribution in [3.05, 3.63) is 83.9 Å². The highest BCUT2D eigenvalue weighted by atomic mass is 16.5.